The molecule has 11 heavy (non-hydrogen) atoms. The fraction of sp³-hybridized carbons (Fsp3) is 1.00. The van der Waals surface area contributed by atoms with Crippen LogP contribution in [-0.2, 0) is 10.3 Å². The van der Waals surface area contributed by atoms with E-state index in [1.165, 1.54) is 0 Å². The fourth-order valence-corrected chi connectivity index (χ4v) is 1.55. The van der Waals surface area contributed by atoms with E-state index in [9.17, 15) is 8.42 Å². The Labute approximate surface area is 75.8 Å². The average Bonchev–Trinajstić information content (AvgIpc) is 1.82. The number of alkyl halides is 2. The second-order valence-corrected chi connectivity index (χ2v) is 4.09. The van der Waals surface area contributed by atoms with Gasteiger partial charge in [-0.3, -0.25) is 4.55 Å². The van der Waals surface area contributed by atoms with Crippen molar-refractivity contribution in [2.45, 2.75) is 12.4 Å². The first-order valence-electron chi connectivity index (χ1n) is 2.81. The Hall–Kier alpha value is 0.450. The second kappa shape index (κ2) is 4.47. The summed E-state index contributed by atoms with van der Waals surface area (Å²) in [5, 5.41) is 0. The molecule has 0 amide bonds. The van der Waals surface area contributed by atoms with Crippen molar-refractivity contribution < 1.29 is 13.0 Å². The van der Waals surface area contributed by atoms with Crippen LogP contribution < -0.4 is 4.72 Å². The molecule has 0 rings (SSSR count). The van der Waals surface area contributed by atoms with Gasteiger partial charge in [-0.15, -0.1) is 23.2 Å². The highest BCUT2D eigenvalue weighted by Gasteiger charge is 2.17. The maximum Gasteiger partial charge on any atom is 0.334 e. The van der Waals surface area contributed by atoms with Gasteiger partial charge in [0.15, 0.2) is 0 Å². The summed E-state index contributed by atoms with van der Waals surface area (Å²) < 4.78 is 30.4. The Morgan fingerprint density at radius 2 is 2.09 bits per heavy atom. The van der Waals surface area contributed by atoms with Crippen LogP contribution in [0, 0.1) is 5.92 Å². The fourth-order valence-electron chi connectivity index (χ4n) is 0.337. The molecule has 0 aliphatic rings. The minimum absolute atomic E-state index is 0.219. The Kier molecular flexibility index (Phi) is 4.65. The van der Waals surface area contributed by atoms with Crippen LogP contribution in [0.2, 0.25) is 0 Å². The van der Waals surface area contributed by atoms with E-state index in [0.717, 1.165) is 0 Å². The van der Waals surface area contributed by atoms with Crippen molar-refractivity contribution >= 4 is 33.5 Å². The van der Waals surface area contributed by atoms with Crippen LogP contribution >= 0.6 is 23.2 Å². The number of hydrogen-bond acceptors (Lipinski definition) is 2. The van der Waals surface area contributed by atoms with Gasteiger partial charge in [-0.05, 0) is 5.92 Å². The zero-order chi connectivity index (χ0) is 9.07. The van der Waals surface area contributed by atoms with Gasteiger partial charge in [0.1, 0.15) is 5.50 Å². The smallest absolute Gasteiger partial charge is 0.273 e. The molecule has 7 heteroatoms. The Bertz CT molecular complexity index is 205. The highest BCUT2D eigenvalue weighted by molar-refractivity contribution is 7.83. The third kappa shape index (κ3) is 5.69. The van der Waals surface area contributed by atoms with Gasteiger partial charge in [0, 0.05) is 5.88 Å². The summed E-state index contributed by atoms with van der Waals surface area (Å²) in [5.41, 5.74) is -0.873. The van der Waals surface area contributed by atoms with Gasteiger partial charge in [-0.2, -0.15) is 13.1 Å². The number of hydrogen-bond donors (Lipinski definition) is 2. The monoisotopic (exact) mass is 221 g/mol. The minimum atomic E-state index is -4.22. The van der Waals surface area contributed by atoms with Crippen molar-refractivity contribution in [3.8, 4) is 0 Å². The third-order valence-electron chi connectivity index (χ3n) is 1.00. The molecular formula is C4H9Cl2NO3S. The lowest BCUT2D eigenvalue weighted by Gasteiger charge is -2.13. The summed E-state index contributed by atoms with van der Waals surface area (Å²) in [6.07, 6.45) is 0. The zero-order valence-electron chi connectivity index (χ0n) is 5.79. The van der Waals surface area contributed by atoms with E-state index in [4.69, 9.17) is 27.8 Å². The largest absolute Gasteiger partial charge is 0.334 e. The van der Waals surface area contributed by atoms with Crippen molar-refractivity contribution in [3.63, 3.8) is 0 Å². The molecule has 0 radical (unpaired) electrons. The van der Waals surface area contributed by atoms with Gasteiger partial charge >= 0.3 is 10.3 Å². The van der Waals surface area contributed by atoms with E-state index in [1.807, 2.05) is 0 Å². The highest BCUT2D eigenvalue weighted by atomic mass is 35.5. The van der Waals surface area contributed by atoms with E-state index in [0.29, 0.717) is 0 Å². The van der Waals surface area contributed by atoms with E-state index in [1.54, 1.807) is 11.6 Å². The summed E-state index contributed by atoms with van der Waals surface area (Å²) in [6, 6.07) is 0. The molecule has 0 saturated carbocycles. The van der Waals surface area contributed by atoms with Crippen molar-refractivity contribution in [1.29, 1.82) is 0 Å². The Morgan fingerprint density at radius 1 is 1.64 bits per heavy atom. The zero-order valence-corrected chi connectivity index (χ0v) is 8.12. The molecule has 0 aromatic rings. The predicted octanol–water partition coefficient (Wildman–Crippen LogP) is 0.819. The molecule has 0 bridgehead atoms. The Balaban J connectivity index is 3.98. The molecule has 2 atom stereocenters. The van der Waals surface area contributed by atoms with Crippen molar-refractivity contribution in [1.82, 2.24) is 4.72 Å². The summed E-state index contributed by atoms with van der Waals surface area (Å²) in [7, 11) is -4.22. The van der Waals surface area contributed by atoms with Crippen LogP contribution in [0.3, 0.4) is 0 Å². The van der Waals surface area contributed by atoms with Crippen LogP contribution in [0.1, 0.15) is 6.92 Å². The predicted molar refractivity (Wildman–Crippen MR) is 44.2 cm³/mol. The first-order valence-corrected chi connectivity index (χ1v) is 5.22. The standard InChI is InChI=1S/C4H9Cl2NO3S/c1-3(2-5)4(6)7-11(8,9)10/h3-4,7H,2H2,1H3,(H,8,9,10). The van der Waals surface area contributed by atoms with E-state index in [2.05, 4.69) is 0 Å². The Morgan fingerprint density at radius 3 is 2.36 bits per heavy atom. The molecule has 4 nitrogen and oxygen atoms in total. The molecule has 0 aromatic heterocycles. The molecule has 0 saturated heterocycles. The van der Waals surface area contributed by atoms with Crippen molar-refractivity contribution in [3.05, 3.63) is 0 Å². The van der Waals surface area contributed by atoms with Crippen LogP contribution in [0.4, 0.5) is 0 Å². The maximum absolute atomic E-state index is 10.2. The molecule has 0 aliphatic heterocycles. The maximum atomic E-state index is 10.2. The van der Waals surface area contributed by atoms with Gasteiger partial charge < -0.3 is 0 Å². The van der Waals surface area contributed by atoms with Crippen LogP contribution in [0.15, 0.2) is 0 Å². The van der Waals surface area contributed by atoms with Gasteiger partial charge in [-0.25, -0.2) is 0 Å². The minimum Gasteiger partial charge on any atom is -0.273 e. The molecule has 0 spiro atoms. The summed E-state index contributed by atoms with van der Waals surface area (Å²) >= 11 is 10.9. The summed E-state index contributed by atoms with van der Waals surface area (Å²) in [4.78, 5) is 0. The average molecular weight is 222 g/mol. The lowest BCUT2D eigenvalue weighted by Crippen LogP contribution is -2.35. The summed E-state index contributed by atoms with van der Waals surface area (Å²) in [6.45, 7) is 1.66. The molecule has 0 fully saturated rings. The second-order valence-electron chi connectivity index (χ2n) is 2.13. The topological polar surface area (TPSA) is 66.4 Å². The quantitative estimate of drug-likeness (QED) is 0.420. The highest BCUT2D eigenvalue weighted by Crippen LogP contribution is 2.09. The molecule has 0 heterocycles. The number of rotatable bonds is 4. The van der Waals surface area contributed by atoms with Crippen LogP contribution in [-0.4, -0.2) is 24.4 Å². The SMILES string of the molecule is CC(CCl)C(Cl)NS(=O)(=O)O. The van der Waals surface area contributed by atoms with Gasteiger partial charge in [0.25, 0.3) is 0 Å². The molecule has 0 aromatic carbocycles. The molecule has 0 aliphatic carbocycles. The first-order chi connectivity index (χ1) is 4.87. The van der Waals surface area contributed by atoms with Crippen molar-refractivity contribution in [2.24, 2.45) is 5.92 Å². The number of nitrogens with one attached hydrogen (secondary N) is 1. The molecular weight excluding hydrogens is 213 g/mol. The number of halogens is 2. The molecule has 68 valence electrons. The lowest BCUT2D eigenvalue weighted by atomic mass is 10.2. The van der Waals surface area contributed by atoms with Gasteiger partial charge in [-0.1, -0.05) is 6.92 Å². The normalized spacial score (nSPS) is 17.8. The first kappa shape index (κ1) is 11.4. The summed E-state index contributed by atoms with van der Waals surface area (Å²) in [5.74, 6) is -0.0169. The van der Waals surface area contributed by atoms with Gasteiger partial charge in [0.05, 0.1) is 0 Å². The lowest BCUT2D eigenvalue weighted by molar-refractivity contribution is 0.451. The van der Waals surface area contributed by atoms with Crippen LogP contribution in [0.5, 0.6) is 0 Å². The molecule has 2 N–H and O–H groups in total. The van der Waals surface area contributed by atoms with E-state index >= 15 is 0 Å². The molecule has 2 unspecified atom stereocenters. The van der Waals surface area contributed by atoms with Gasteiger partial charge in [0.2, 0.25) is 0 Å². The van der Waals surface area contributed by atoms with E-state index in [-0.39, 0.29) is 11.8 Å². The van der Waals surface area contributed by atoms with Crippen LogP contribution in [0.25, 0.3) is 0 Å². The third-order valence-corrected chi connectivity index (χ3v) is 2.71. The van der Waals surface area contributed by atoms with E-state index < -0.39 is 15.8 Å². The van der Waals surface area contributed by atoms with Crippen molar-refractivity contribution in [2.75, 3.05) is 5.88 Å².